The van der Waals surface area contributed by atoms with Gasteiger partial charge in [0, 0.05) is 32.4 Å². The van der Waals surface area contributed by atoms with Gasteiger partial charge < -0.3 is 10.6 Å². The van der Waals surface area contributed by atoms with E-state index < -0.39 is 10.0 Å². The van der Waals surface area contributed by atoms with Gasteiger partial charge in [-0.15, -0.1) is 0 Å². The Labute approximate surface area is 143 Å². The fourth-order valence-corrected chi connectivity index (χ4v) is 2.38. The van der Waals surface area contributed by atoms with E-state index in [9.17, 15) is 8.42 Å². The van der Waals surface area contributed by atoms with Crippen LogP contribution in [0.3, 0.4) is 0 Å². The molecule has 0 atom stereocenters. The Balaban J connectivity index is 2.32. The molecule has 9 heteroatoms. The van der Waals surface area contributed by atoms with Gasteiger partial charge >= 0.3 is 0 Å². The monoisotopic (exact) mass is 361 g/mol. The molecule has 1 rings (SSSR count). The molecule has 0 unspecified atom stereocenters. The molecule has 3 N–H and O–H groups in total. The predicted molar refractivity (Wildman–Crippen MR) is 94.4 cm³/mol. The molecule has 0 saturated carbocycles. The molecule has 0 bridgehead atoms. The van der Waals surface area contributed by atoms with Crippen LogP contribution >= 0.6 is 11.6 Å². The number of guanidine groups is 1. The Morgan fingerprint density at radius 2 is 2.09 bits per heavy atom. The number of aromatic nitrogens is 1. The zero-order valence-corrected chi connectivity index (χ0v) is 15.0. The number of hydrogen-bond donors (Lipinski definition) is 3. The SMILES string of the molecule is CCNC(=NCCCNS(C)(=O)=O)NCCc1ccc(Cl)nc1. The molecule has 0 amide bonds. The number of hydrogen-bond acceptors (Lipinski definition) is 4. The first-order valence-electron chi connectivity index (χ1n) is 7.48. The second-order valence-corrected chi connectivity index (χ2v) is 7.17. The van der Waals surface area contributed by atoms with Gasteiger partial charge in [-0.2, -0.15) is 0 Å². The van der Waals surface area contributed by atoms with E-state index in [2.05, 4.69) is 25.3 Å². The maximum Gasteiger partial charge on any atom is 0.208 e. The fourth-order valence-electron chi connectivity index (χ4n) is 1.75. The minimum atomic E-state index is -3.13. The van der Waals surface area contributed by atoms with Gasteiger partial charge in [-0.05, 0) is 31.4 Å². The Hall–Kier alpha value is -1.38. The summed E-state index contributed by atoms with van der Waals surface area (Å²) in [4.78, 5) is 8.44. The number of sulfonamides is 1. The van der Waals surface area contributed by atoms with E-state index in [0.29, 0.717) is 30.6 Å². The number of nitrogens with zero attached hydrogens (tertiary/aromatic N) is 2. The van der Waals surface area contributed by atoms with Crippen LogP contribution in [0.4, 0.5) is 0 Å². The van der Waals surface area contributed by atoms with Crippen LogP contribution < -0.4 is 15.4 Å². The van der Waals surface area contributed by atoms with Crippen LogP contribution in [-0.4, -0.2) is 51.8 Å². The molecule has 23 heavy (non-hydrogen) atoms. The fraction of sp³-hybridized carbons (Fsp3) is 0.571. The van der Waals surface area contributed by atoms with Crippen LogP contribution in [-0.2, 0) is 16.4 Å². The average molecular weight is 362 g/mol. The van der Waals surface area contributed by atoms with Crippen molar-refractivity contribution in [3.05, 3.63) is 29.0 Å². The van der Waals surface area contributed by atoms with Crippen LogP contribution in [0.2, 0.25) is 5.15 Å². The molecule has 0 aliphatic heterocycles. The zero-order valence-electron chi connectivity index (χ0n) is 13.5. The standard InChI is InChI=1S/C14H24ClN5O2S/c1-3-16-14(17-8-4-9-20-23(2,21)22)18-10-7-12-5-6-13(15)19-11-12/h5-6,11,20H,3-4,7-10H2,1-2H3,(H2,16,17,18). The summed E-state index contributed by atoms with van der Waals surface area (Å²) >= 11 is 5.75. The maximum absolute atomic E-state index is 10.9. The van der Waals surface area contributed by atoms with E-state index in [0.717, 1.165) is 31.3 Å². The topological polar surface area (TPSA) is 95.5 Å². The van der Waals surface area contributed by atoms with Gasteiger partial charge in [0.05, 0.1) is 6.26 Å². The molecule has 1 aromatic rings. The minimum Gasteiger partial charge on any atom is -0.357 e. The molecule has 0 radical (unpaired) electrons. The summed E-state index contributed by atoms with van der Waals surface area (Å²) in [5, 5.41) is 6.86. The number of rotatable bonds is 9. The Kier molecular flexibility index (Phi) is 8.90. The number of nitrogens with one attached hydrogen (secondary N) is 3. The first-order valence-corrected chi connectivity index (χ1v) is 9.75. The third-order valence-electron chi connectivity index (χ3n) is 2.81. The quantitative estimate of drug-likeness (QED) is 0.261. The Bertz CT molecular complexity index is 590. The van der Waals surface area contributed by atoms with E-state index in [-0.39, 0.29) is 0 Å². The van der Waals surface area contributed by atoms with Gasteiger partial charge in [-0.1, -0.05) is 17.7 Å². The van der Waals surface area contributed by atoms with Crippen LogP contribution in [0.1, 0.15) is 18.9 Å². The zero-order chi connectivity index (χ0) is 17.1. The van der Waals surface area contributed by atoms with E-state index in [1.165, 1.54) is 0 Å². The lowest BCUT2D eigenvalue weighted by molar-refractivity contribution is 0.585. The lowest BCUT2D eigenvalue weighted by Gasteiger charge is -2.11. The summed E-state index contributed by atoms with van der Waals surface area (Å²) in [5.74, 6) is 0.716. The third kappa shape index (κ3) is 10.1. The van der Waals surface area contributed by atoms with Crippen LogP contribution in [0.5, 0.6) is 0 Å². The molecular weight excluding hydrogens is 338 g/mol. The predicted octanol–water partition coefficient (Wildman–Crippen LogP) is 0.772. The second-order valence-electron chi connectivity index (χ2n) is 4.95. The summed E-state index contributed by atoms with van der Waals surface area (Å²) < 4.78 is 24.3. The molecule has 0 aromatic carbocycles. The number of pyridine rings is 1. The van der Waals surface area contributed by atoms with E-state index in [4.69, 9.17) is 11.6 Å². The normalized spacial score (nSPS) is 12.2. The molecular formula is C14H24ClN5O2S. The van der Waals surface area contributed by atoms with Crippen molar-refractivity contribution in [3.63, 3.8) is 0 Å². The van der Waals surface area contributed by atoms with Gasteiger partial charge in [-0.3, -0.25) is 4.99 Å². The summed E-state index contributed by atoms with van der Waals surface area (Å²) in [7, 11) is -3.13. The smallest absolute Gasteiger partial charge is 0.208 e. The first kappa shape index (κ1) is 19.7. The van der Waals surface area contributed by atoms with Crippen LogP contribution in [0, 0.1) is 0 Å². The van der Waals surface area contributed by atoms with Crippen LogP contribution in [0.15, 0.2) is 23.3 Å². The van der Waals surface area contributed by atoms with E-state index in [1.807, 2.05) is 13.0 Å². The molecule has 1 aromatic heterocycles. The molecule has 1 heterocycles. The average Bonchev–Trinajstić information content (AvgIpc) is 2.47. The van der Waals surface area contributed by atoms with Crippen molar-refractivity contribution in [2.24, 2.45) is 4.99 Å². The Morgan fingerprint density at radius 1 is 1.30 bits per heavy atom. The number of aliphatic imine (C=N–C) groups is 1. The molecule has 0 aliphatic carbocycles. The van der Waals surface area contributed by atoms with Crippen LogP contribution in [0.25, 0.3) is 0 Å². The third-order valence-corrected chi connectivity index (χ3v) is 3.76. The maximum atomic E-state index is 10.9. The van der Waals surface area contributed by atoms with Crippen molar-refractivity contribution in [1.82, 2.24) is 20.3 Å². The van der Waals surface area contributed by atoms with Gasteiger partial charge in [0.15, 0.2) is 5.96 Å². The highest BCUT2D eigenvalue weighted by Crippen LogP contribution is 2.05. The van der Waals surface area contributed by atoms with Gasteiger partial charge in [0.1, 0.15) is 5.15 Å². The summed E-state index contributed by atoms with van der Waals surface area (Å²) in [6.07, 6.45) is 4.35. The highest BCUT2D eigenvalue weighted by atomic mass is 35.5. The highest BCUT2D eigenvalue weighted by molar-refractivity contribution is 7.88. The summed E-state index contributed by atoms with van der Waals surface area (Å²) in [6.45, 7) is 4.40. The lowest BCUT2D eigenvalue weighted by Crippen LogP contribution is -2.38. The van der Waals surface area contributed by atoms with Crippen molar-refractivity contribution < 1.29 is 8.42 Å². The molecule has 0 aliphatic rings. The molecule has 7 nitrogen and oxygen atoms in total. The largest absolute Gasteiger partial charge is 0.357 e. The lowest BCUT2D eigenvalue weighted by atomic mass is 10.2. The van der Waals surface area contributed by atoms with E-state index >= 15 is 0 Å². The van der Waals surface area contributed by atoms with Crippen molar-refractivity contribution >= 4 is 27.6 Å². The molecule has 0 spiro atoms. The van der Waals surface area contributed by atoms with Crippen molar-refractivity contribution in [2.45, 2.75) is 19.8 Å². The van der Waals surface area contributed by atoms with Gasteiger partial charge in [-0.25, -0.2) is 18.1 Å². The molecule has 0 fully saturated rings. The van der Waals surface area contributed by atoms with E-state index in [1.54, 1.807) is 12.3 Å². The molecule has 0 saturated heterocycles. The second kappa shape index (κ2) is 10.4. The minimum absolute atomic E-state index is 0.387. The van der Waals surface area contributed by atoms with Crippen molar-refractivity contribution in [2.75, 3.05) is 32.4 Å². The summed E-state index contributed by atoms with van der Waals surface area (Å²) in [6, 6.07) is 3.71. The number of halogens is 1. The van der Waals surface area contributed by atoms with Crippen molar-refractivity contribution in [3.8, 4) is 0 Å². The Morgan fingerprint density at radius 3 is 2.70 bits per heavy atom. The van der Waals surface area contributed by atoms with Gasteiger partial charge in [0.2, 0.25) is 10.0 Å². The van der Waals surface area contributed by atoms with Crippen molar-refractivity contribution in [1.29, 1.82) is 0 Å². The summed E-state index contributed by atoms with van der Waals surface area (Å²) in [5.41, 5.74) is 1.09. The molecule has 130 valence electrons. The first-order chi connectivity index (χ1) is 10.9. The highest BCUT2D eigenvalue weighted by Gasteiger charge is 2.00. The van der Waals surface area contributed by atoms with Gasteiger partial charge in [0.25, 0.3) is 0 Å².